The minimum atomic E-state index is -0.265. The van der Waals surface area contributed by atoms with Gasteiger partial charge in [-0.3, -0.25) is 4.90 Å². The summed E-state index contributed by atoms with van der Waals surface area (Å²) in [5.41, 5.74) is 1.14. The first kappa shape index (κ1) is 13.8. The van der Waals surface area contributed by atoms with Crippen LogP contribution in [0.25, 0.3) is 0 Å². The van der Waals surface area contributed by atoms with Crippen molar-refractivity contribution in [3.05, 3.63) is 34.9 Å². The zero-order valence-electron chi connectivity index (χ0n) is 10.4. The zero-order valence-corrected chi connectivity index (χ0v) is 11.2. The highest BCUT2D eigenvalue weighted by molar-refractivity contribution is 6.31. The molecule has 2 unspecified atom stereocenters. The van der Waals surface area contributed by atoms with E-state index in [1.165, 1.54) is 0 Å². The van der Waals surface area contributed by atoms with Crippen molar-refractivity contribution in [3.63, 3.8) is 0 Å². The van der Waals surface area contributed by atoms with Crippen LogP contribution in [0, 0.1) is 0 Å². The molecular weight excluding hydrogens is 250 g/mol. The van der Waals surface area contributed by atoms with E-state index in [-0.39, 0.29) is 18.8 Å². The second kappa shape index (κ2) is 6.53. The van der Waals surface area contributed by atoms with Crippen LogP contribution in [0.15, 0.2) is 24.3 Å². The predicted molar refractivity (Wildman–Crippen MR) is 72.8 cm³/mol. The topological polar surface area (TPSA) is 43.7 Å². The molecule has 0 aromatic heterocycles. The molecule has 1 aliphatic rings. The molecule has 1 saturated heterocycles. The van der Waals surface area contributed by atoms with Crippen LogP contribution in [0.1, 0.15) is 18.4 Å². The molecule has 1 heterocycles. The summed E-state index contributed by atoms with van der Waals surface area (Å²) in [5, 5.41) is 19.8. The van der Waals surface area contributed by atoms with Gasteiger partial charge in [-0.2, -0.15) is 0 Å². The second-order valence-electron chi connectivity index (χ2n) is 4.89. The standard InChI is InChI=1S/C14H20ClNO2/c15-14-4-2-1-3-11(14)5-7-16-8-6-13(18)9-12(16)10-17/h1-4,12-13,17-18H,5-10H2. The number of nitrogens with zero attached hydrogens (tertiary/aromatic N) is 1. The summed E-state index contributed by atoms with van der Waals surface area (Å²) in [6, 6.07) is 7.94. The molecule has 0 amide bonds. The average Bonchev–Trinajstić information content (AvgIpc) is 2.39. The first-order chi connectivity index (χ1) is 8.70. The molecule has 1 aliphatic heterocycles. The fraction of sp³-hybridized carbons (Fsp3) is 0.571. The highest BCUT2D eigenvalue weighted by Crippen LogP contribution is 2.20. The Kier molecular flexibility index (Phi) is 5.01. The molecule has 0 spiro atoms. The second-order valence-corrected chi connectivity index (χ2v) is 5.30. The third kappa shape index (κ3) is 3.45. The Hall–Kier alpha value is -0.610. The van der Waals surface area contributed by atoms with Crippen molar-refractivity contribution < 1.29 is 10.2 Å². The smallest absolute Gasteiger partial charge is 0.0587 e. The summed E-state index contributed by atoms with van der Waals surface area (Å²) in [7, 11) is 0. The molecule has 2 rings (SSSR count). The number of halogens is 1. The van der Waals surface area contributed by atoms with Crippen LogP contribution in [0.3, 0.4) is 0 Å². The third-order valence-corrected chi connectivity index (χ3v) is 4.02. The maximum Gasteiger partial charge on any atom is 0.0587 e. The molecule has 2 N–H and O–H groups in total. The van der Waals surface area contributed by atoms with Gasteiger partial charge in [-0.25, -0.2) is 0 Å². The molecule has 0 radical (unpaired) electrons. The van der Waals surface area contributed by atoms with Gasteiger partial charge in [0.25, 0.3) is 0 Å². The van der Waals surface area contributed by atoms with Crippen molar-refractivity contribution in [3.8, 4) is 0 Å². The van der Waals surface area contributed by atoms with Crippen LogP contribution >= 0.6 is 11.6 Å². The van der Waals surface area contributed by atoms with Gasteiger partial charge in [0, 0.05) is 24.2 Å². The fourth-order valence-electron chi connectivity index (χ4n) is 2.53. The van der Waals surface area contributed by atoms with Crippen LogP contribution in [0.2, 0.25) is 5.02 Å². The van der Waals surface area contributed by atoms with Crippen molar-refractivity contribution in [1.29, 1.82) is 0 Å². The van der Waals surface area contributed by atoms with Crippen LogP contribution in [0.5, 0.6) is 0 Å². The Balaban J connectivity index is 1.91. The lowest BCUT2D eigenvalue weighted by atomic mass is 9.99. The number of rotatable bonds is 4. The largest absolute Gasteiger partial charge is 0.395 e. The highest BCUT2D eigenvalue weighted by Gasteiger charge is 2.26. The van der Waals surface area contributed by atoms with Crippen molar-refractivity contribution in [2.75, 3.05) is 19.7 Å². The lowest BCUT2D eigenvalue weighted by Gasteiger charge is -2.36. The van der Waals surface area contributed by atoms with Gasteiger partial charge in [0.1, 0.15) is 0 Å². The summed E-state index contributed by atoms with van der Waals surface area (Å²) < 4.78 is 0. The highest BCUT2D eigenvalue weighted by atomic mass is 35.5. The lowest BCUT2D eigenvalue weighted by Crippen LogP contribution is -2.47. The first-order valence-electron chi connectivity index (χ1n) is 6.47. The fourth-order valence-corrected chi connectivity index (χ4v) is 2.76. The molecule has 100 valence electrons. The van der Waals surface area contributed by atoms with Gasteiger partial charge in [0.05, 0.1) is 12.7 Å². The summed E-state index contributed by atoms with van der Waals surface area (Å²) in [6.45, 7) is 1.83. The van der Waals surface area contributed by atoms with Gasteiger partial charge in [0.2, 0.25) is 0 Å². The van der Waals surface area contributed by atoms with Crippen LogP contribution in [-0.4, -0.2) is 47.0 Å². The minimum Gasteiger partial charge on any atom is -0.395 e. The number of aliphatic hydroxyl groups is 2. The van der Waals surface area contributed by atoms with E-state index in [9.17, 15) is 10.2 Å². The Morgan fingerprint density at radius 1 is 1.33 bits per heavy atom. The summed E-state index contributed by atoms with van der Waals surface area (Å²) in [6.07, 6.45) is 2.07. The maximum absolute atomic E-state index is 9.60. The molecule has 4 heteroatoms. The average molecular weight is 270 g/mol. The third-order valence-electron chi connectivity index (χ3n) is 3.65. The van der Waals surface area contributed by atoms with E-state index in [4.69, 9.17) is 11.6 Å². The van der Waals surface area contributed by atoms with Crippen LogP contribution in [-0.2, 0) is 6.42 Å². The van der Waals surface area contributed by atoms with Gasteiger partial charge < -0.3 is 10.2 Å². The SMILES string of the molecule is OCC1CC(O)CCN1CCc1ccccc1Cl. The van der Waals surface area contributed by atoms with E-state index in [2.05, 4.69) is 4.90 Å². The minimum absolute atomic E-state index is 0.0798. The molecule has 18 heavy (non-hydrogen) atoms. The molecule has 0 saturated carbocycles. The van der Waals surface area contributed by atoms with Crippen molar-refractivity contribution in [2.45, 2.75) is 31.4 Å². The molecule has 1 aromatic carbocycles. The van der Waals surface area contributed by atoms with Crippen molar-refractivity contribution in [2.24, 2.45) is 0 Å². The van der Waals surface area contributed by atoms with Gasteiger partial charge in [-0.1, -0.05) is 29.8 Å². The molecule has 1 fully saturated rings. The Labute approximate surface area is 113 Å². The summed E-state index contributed by atoms with van der Waals surface area (Å²) in [5.74, 6) is 0. The molecule has 0 bridgehead atoms. The van der Waals surface area contributed by atoms with Gasteiger partial charge in [-0.05, 0) is 30.9 Å². The zero-order chi connectivity index (χ0) is 13.0. The summed E-state index contributed by atoms with van der Waals surface area (Å²) >= 11 is 6.13. The number of hydrogen-bond acceptors (Lipinski definition) is 3. The molecule has 1 aromatic rings. The number of benzene rings is 1. The van der Waals surface area contributed by atoms with E-state index < -0.39 is 0 Å². The Morgan fingerprint density at radius 3 is 2.83 bits per heavy atom. The number of piperidine rings is 1. The summed E-state index contributed by atoms with van der Waals surface area (Å²) in [4.78, 5) is 2.25. The number of hydrogen-bond donors (Lipinski definition) is 2. The van der Waals surface area contributed by atoms with Crippen LogP contribution < -0.4 is 0 Å². The maximum atomic E-state index is 9.60. The molecule has 0 aliphatic carbocycles. The predicted octanol–water partition coefficient (Wildman–Crippen LogP) is 1.70. The van der Waals surface area contributed by atoms with E-state index in [1.807, 2.05) is 24.3 Å². The van der Waals surface area contributed by atoms with E-state index >= 15 is 0 Å². The molecular formula is C14H20ClNO2. The number of aliphatic hydroxyl groups excluding tert-OH is 2. The van der Waals surface area contributed by atoms with Gasteiger partial charge >= 0.3 is 0 Å². The Bertz CT molecular complexity index is 386. The number of likely N-dealkylation sites (tertiary alicyclic amines) is 1. The quantitative estimate of drug-likeness (QED) is 0.875. The monoisotopic (exact) mass is 269 g/mol. The van der Waals surface area contributed by atoms with Crippen LogP contribution in [0.4, 0.5) is 0 Å². The van der Waals surface area contributed by atoms with E-state index in [0.29, 0.717) is 6.42 Å². The first-order valence-corrected chi connectivity index (χ1v) is 6.85. The van der Waals surface area contributed by atoms with Gasteiger partial charge in [0.15, 0.2) is 0 Å². The van der Waals surface area contributed by atoms with Gasteiger partial charge in [-0.15, -0.1) is 0 Å². The molecule has 2 atom stereocenters. The van der Waals surface area contributed by atoms with E-state index in [1.54, 1.807) is 0 Å². The lowest BCUT2D eigenvalue weighted by molar-refractivity contribution is 0.0177. The van der Waals surface area contributed by atoms with E-state index in [0.717, 1.165) is 36.5 Å². The van der Waals surface area contributed by atoms with Crippen molar-refractivity contribution in [1.82, 2.24) is 4.90 Å². The normalized spacial score (nSPS) is 25.3. The van der Waals surface area contributed by atoms with Crippen molar-refractivity contribution >= 4 is 11.6 Å². The Morgan fingerprint density at radius 2 is 2.11 bits per heavy atom. The molecule has 3 nitrogen and oxygen atoms in total.